The summed E-state index contributed by atoms with van der Waals surface area (Å²) in [5.41, 5.74) is 1.21. The molecule has 134 valence electrons. The van der Waals surface area contributed by atoms with Crippen molar-refractivity contribution in [3.63, 3.8) is 0 Å². The Bertz CT molecular complexity index is 465. The molecule has 0 N–H and O–H groups in total. The van der Waals surface area contributed by atoms with Crippen molar-refractivity contribution in [2.45, 2.75) is 96.4 Å². The summed E-state index contributed by atoms with van der Waals surface area (Å²) in [5.74, 6) is 0. The molecule has 0 bridgehead atoms. The Labute approximate surface area is 146 Å². The zero-order valence-electron chi connectivity index (χ0n) is 17.0. The molecule has 0 heterocycles. The molecule has 4 heteroatoms. The second-order valence-electron chi connectivity index (χ2n) is 9.89. The summed E-state index contributed by atoms with van der Waals surface area (Å²) >= 11 is 0. The van der Waals surface area contributed by atoms with Gasteiger partial charge in [0.15, 0.2) is 16.6 Å². The molecule has 0 aromatic rings. The highest BCUT2D eigenvalue weighted by molar-refractivity contribution is 6.74. The molecular formula is C19H38O2Si2. The molecule has 23 heavy (non-hydrogen) atoms. The Morgan fingerprint density at radius 2 is 1.39 bits per heavy atom. The summed E-state index contributed by atoms with van der Waals surface area (Å²) in [6.07, 6.45) is 5.43. The maximum atomic E-state index is 6.63. The van der Waals surface area contributed by atoms with Crippen molar-refractivity contribution in [1.82, 2.24) is 0 Å². The molecule has 1 aliphatic rings. The minimum atomic E-state index is -1.79. The van der Waals surface area contributed by atoms with Gasteiger partial charge in [-0.15, -0.1) is 0 Å². The summed E-state index contributed by atoms with van der Waals surface area (Å²) in [6.45, 7) is 27.0. The minimum absolute atomic E-state index is 0.142. The first-order valence-electron chi connectivity index (χ1n) is 8.80. The fourth-order valence-electron chi connectivity index (χ4n) is 2.22. The topological polar surface area (TPSA) is 18.5 Å². The van der Waals surface area contributed by atoms with Crippen molar-refractivity contribution < 1.29 is 8.85 Å². The van der Waals surface area contributed by atoms with Crippen LogP contribution in [0.15, 0.2) is 24.3 Å². The largest absolute Gasteiger partial charge is 0.410 e. The third-order valence-corrected chi connectivity index (χ3v) is 14.9. The van der Waals surface area contributed by atoms with Crippen LogP contribution in [0.3, 0.4) is 0 Å². The number of hydrogen-bond donors (Lipinski definition) is 0. The van der Waals surface area contributed by atoms with Gasteiger partial charge in [0.05, 0.1) is 12.2 Å². The van der Waals surface area contributed by atoms with Gasteiger partial charge in [-0.25, -0.2) is 0 Å². The Hall–Kier alpha value is -0.166. The van der Waals surface area contributed by atoms with Crippen LogP contribution in [0.25, 0.3) is 0 Å². The first-order valence-corrected chi connectivity index (χ1v) is 14.6. The molecule has 0 aromatic heterocycles. The fraction of sp³-hybridized carbons (Fsp3) is 0.789. The quantitative estimate of drug-likeness (QED) is 0.541. The van der Waals surface area contributed by atoms with Gasteiger partial charge >= 0.3 is 0 Å². The van der Waals surface area contributed by atoms with Gasteiger partial charge in [0.2, 0.25) is 0 Å². The van der Waals surface area contributed by atoms with E-state index >= 15 is 0 Å². The first kappa shape index (κ1) is 20.9. The van der Waals surface area contributed by atoms with Crippen molar-refractivity contribution in [3.05, 3.63) is 24.3 Å². The number of hydrogen-bond acceptors (Lipinski definition) is 2. The van der Waals surface area contributed by atoms with Crippen LogP contribution in [0.5, 0.6) is 0 Å². The summed E-state index contributed by atoms with van der Waals surface area (Å²) in [7, 11) is -3.55. The highest BCUT2D eigenvalue weighted by atomic mass is 28.4. The Balaban J connectivity index is 2.87. The third kappa shape index (κ3) is 4.91. The van der Waals surface area contributed by atoms with Gasteiger partial charge in [-0.05, 0) is 41.8 Å². The SMILES string of the molecule is C=CC1=C[C@H](O[Si](C)(C)C(C)(C)C)C[C@@H]1O[Si](C)(C)C(C)(C)C. The van der Waals surface area contributed by atoms with E-state index < -0.39 is 16.6 Å². The average molecular weight is 355 g/mol. The Kier molecular flexibility index (Phi) is 6.01. The highest BCUT2D eigenvalue weighted by Crippen LogP contribution is 2.42. The molecule has 1 rings (SSSR count). The normalized spacial score (nSPS) is 23.8. The van der Waals surface area contributed by atoms with E-state index in [1.807, 2.05) is 6.08 Å². The van der Waals surface area contributed by atoms with Crippen LogP contribution >= 0.6 is 0 Å². The van der Waals surface area contributed by atoms with Crippen molar-refractivity contribution in [2.75, 3.05) is 0 Å². The fourth-order valence-corrected chi connectivity index (χ4v) is 4.79. The molecule has 0 amide bonds. The van der Waals surface area contributed by atoms with E-state index in [0.29, 0.717) is 0 Å². The predicted molar refractivity (Wildman–Crippen MR) is 107 cm³/mol. The second-order valence-corrected chi connectivity index (χ2v) is 19.4. The van der Waals surface area contributed by atoms with Gasteiger partial charge in [-0.1, -0.05) is 60.3 Å². The lowest BCUT2D eigenvalue weighted by molar-refractivity contribution is 0.156. The minimum Gasteiger partial charge on any atom is -0.410 e. The molecule has 0 saturated heterocycles. The lowest BCUT2D eigenvalue weighted by atomic mass is 10.2. The number of rotatable bonds is 5. The van der Waals surface area contributed by atoms with Crippen LogP contribution in [-0.4, -0.2) is 28.8 Å². The van der Waals surface area contributed by atoms with Crippen LogP contribution in [0.4, 0.5) is 0 Å². The van der Waals surface area contributed by atoms with E-state index in [1.165, 1.54) is 5.57 Å². The van der Waals surface area contributed by atoms with Crippen molar-refractivity contribution in [2.24, 2.45) is 0 Å². The van der Waals surface area contributed by atoms with Crippen LogP contribution < -0.4 is 0 Å². The molecule has 0 unspecified atom stereocenters. The predicted octanol–water partition coefficient (Wildman–Crippen LogP) is 6.28. The smallest absolute Gasteiger partial charge is 0.192 e. The molecule has 0 aliphatic heterocycles. The van der Waals surface area contributed by atoms with Gasteiger partial charge in [0.25, 0.3) is 0 Å². The molecule has 0 spiro atoms. The lowest BCUT2D eigenvalue weighted by Gasteiger charge is -2.40. The van der Waals surface area contributed by atoms with Gasteiger partial charge in [-0.3, -0.25) is 0 Å². The van der Waals surface area contributed by atoms with Gasteiger partial charge in [-0.2, -0.15) is 0 Å². The maximum Gasteiger partial charge on any atom is 0.192 e. The van der Waals surface area contributed by atoms with Crippen molar-refractivity contribution in [3.8, 4) is 0 Å². The molecule has 0 fully saturated rings. The second kappa shape index (κ2) is 6.62. The summed E-state index contributed by atoms with van der Waals surface area (Å²) in [6, 6.07) is 0. The summed E-state index contributed by atoms with van der Waals surface area (Å²) < 4.78 is 13.2. The zero-order chi connectivity index (χ0) is 18.3. The monoisotopic (exact) mass is 354 g/mol. The summed E-state index contributed by atoms with van der Waals surface area (Å²) in [4.78, 5) is 0. The van der Waals surface area contributed by atoms with E-state index in [1.54, 1.807) is 0 Å². The molecule has 0 saturated carbocycles. The van der Waals surface area contributed by atoms with E-state index in [-0.39, 0.29) is 22.3 Å². The van der Waals surface area contributed by atoms with Gasteiger partial charge < -0.3 is 8.85 Å². The molecule has 2 atom stereocenters. The molecule has 1 aliphatic carbocycles. The van der Waals surface area contributed by atoms with E-state index in [0.717, 1.165) is 6.42 Å². The van der Waals surface area contributed by atoms with Crippen LogP contribution in [0.1, 0.15) is 48.0 Å². The van der Waals surface area contributed by atoms with Gasteiger partial charge in [0.1, 0.15) is 0 Å². The molecule has 0 radical (unpaired) electrons. The molecule has 0 aromatic carbocycles. The van der Waals surface area contributed by atoms with Crippen LogP contribution in [0.2, 0.25) is 36.3 Å². The highest BCUT2D eigenvalue weighted by Gasteiger charge is 2.43. The zero-order valence-corrected chi connectivity index (χ0v) is 19.0. The van der Waals surface area contributed by atoms with E-state index in [4.69, 9.17) is 8.85 Å². The standard InChI is InChI=1S/C19H38O2Si2/c1-12-15-13-16(20-22(8,9)18(2,3)4)14-17(15)21-23(10,11)19(5,6)7/h12-13,16-17H,1,14H2,2-11H3/t16-,17-/m0/s1. The Morgan fingerprint density at radius 3 is 1.78 bits per heavy atom. The maximum absolute atomic E-state index is 6.63. The van der Waals surface area contributed by atoms with Crippen molar-refractivity contribution >= 4 is 16.6 Å². The van der Waals surface area contributed by atoms with Crippen LogP contribution in [-0.2, 0) is 8.85 Å². The first-order chi connectivity index (χ1) is 10.1. The molecule has 2 nitrogen and oxygen atoms in total. The van der Waals surface area contributed by atoms with Gasteiger partial charge in [0, 0.05) is 6.42 Å². The van der Waals surface area contributed by atoms with Crippen LogP contribution in [0, 0.1) is 0 Å². The van der Waals surface area contributed by atoms with E-state index in [9.17, 15) is 0 Å². The Morgan fingerprint density at radius 1 is 0.957 bits per heavy atom. The summed E-state index contributed by atoms with van der Waals surface area (Å²) in [5, 5.41) is 0.450. The third-order valence-electron chi connectivity index (χ3n) is 5.93. The lowest BCUT2D eigenvalue weighted by Crippen LogP contribution is -2.45. The van der Waals surface area contributed by atoms with E-state index in [2.05, 4.69) is 80.4 Å². The van der Waals surface area contributed by atoms with Crippen molar-refractivity contribution in [1.29, 1.82) is 0 Å². The average Bonchev–Trinajstić information content (AvgIpc) is 2.66. The molecular weight excluding hydrogens is 316 g/mol.